The third-order valence-electron chi connectivity index (χ3n) is 5.80. The molecule has 0 aliphatic rings. The minimum atomic E-state index is -4.42. The van der Waals surface area contributed by atoms with Crippen LogP contribution in [0.5, 0.6) is 0 Å². The number of fused-ring (bicyclic) bond motifs is 1. The second-order valence-corrected chi connectivity index (χ2v) is 8.08. The van der Waals surface area contributed by atoms with Gasteiger partial charge in [-0.2, -0.15) is 13.2 Å². The van der Waals surface area contributed by atoms with Gasteiger partial charge in [0.05, 0.1) is 11.6 Å². The van der Waals surface area contributed by atoms with Gasteiger partial charge in [0.2, 0.25) is 0 Å². The van der Waals surface area contributed by atoms with Crippen LogP contribution in [0.1, 0.15) is 24.1 Å². The average molecular weight is 440 g/mol. The summed E-state index contributed by atoms with van der Waals surface area (Å²) in [5.41, 5.74) is 2.22. The smallest absolute Gasteiger partial charge is 0.339 e. The molecule has 0 aliphatic carbocycles. The fourth-order valence-corrected chi connectivity index (χ4v) is 4.42. The third-order valence-corrected chi connectivity index (χ3v) is 5.80. The monoisotopic (exact) mass is 440 g/mol. The van der Waals surface area contributed by atoms with E-state index in [1.54, 1.807) is 12.1 Å². The number of rotatable bonds is 6. The van der Waals surface area contributed by atoms with Crippen molar-refractivity contribution in [2.24, 2.45) is 5.92 Å². The van der Waals surface area contributed by atoms with E-state index >= 15 is 0 Å². The molecule has 0 saturated carbocycles. The highest BCUT2D eigenvalue weighted by atomic mass is 19.4. The maximum atomic E-state index is 14.1. The molecule has 0 bridgehead atoms. The first-order valence-corrected chi connectivity index (χ1v) is 10.5. The lowest BCUT2D eigenvalue weighted by Gasteiger charge is -2.27. The number of aromatic nitrogens is 1. The Kier molecular flexibility index (Phi) is 6.07. The molecule has 0 amide bonds. The summed E-state index contributed by atoms with van der Waals surface area (Å²) in [6, 6.07) is 19.3. The van der Waals surface area contributed by atoms with Gasteiger partial charge in [-0.05, 0) is 61.0 Å². The van der Waals surface area contributed by atoms with Gasteiger partial charge in [-0.15, -0.1) is 0 Å². The number of alkyl halides is 3. The van der Waals surface area contributed by atoms with Gasteiger partial charge < -0.3 is 9.88 Å². The predicted molar refractivity (Wildman–Crippen MR) is 120 cm³/mol. The molecule has 3 aromatic carbocycles. The summed E-state index contributed by atoms with van der Waals surface area (Å²) in [5.74, 6) is -0.231. The van der Waals surface area contributed by atoms with E-state index in [4.69, 9.17) is 0 Å². The molecule has 166 valence electrons. The van der Waals surface area contributed by atoms with Crippen LogP contribution < -0.4 is 5.32 Å². The molecular weight excluding hydrogens is 416 g/mol. The zero-order valence-electron chi connectivity index (χ0n) is 17.8. The molecule has 2 nitrogen and oxygen atoms in total. The minimum absolute atomic E-state index is 0.0898. The minimum Gasteiger partial charge on any atom is -0.339 e. The summed E-state index contributed by atoms with van der Waals surface area (Å²) in [4.78, 5) is 0. The second-order valence-electron chi connectivity index (χ2n) is 8.08. The predicted octanol–water partition coefficient (Wildman–Crippen LogP) is 6.91. The van der Waals surface area contributed by atoms with Crippen molar-refractivity contribution in [2.75, 3.05) is 13.6 Å². The van der Waals surface area contributed by atoms with E-state index in [-0.39, 0.29) is 17.8 Å². The van der Waals surface area contributed by atoms with Crippen LogP contribution in [0.2, 0.25) is 0 Å². The molecule has 1 aromatic heterocycles. The van der Waals surface area contributed by atoms with Crippen LogP contribution in [-0.2, 0) is 6.18 Å². The highest BCUT2D eigenvalue weighted by molar-refractivity contribution is 5.96. The Hall–Kier alpha value is -3.12. The number of hydrogen-bond acceptors (Lipinski definition) is 1. The number of para-hydroxylation sites is 1. The SMILES string of the molecule is CNCC(C)[C@H](c1cccc(F)c1)n1cc(-c2cccc(C(F)(F)F)c2)c2ccccc21. The highest BCUT2D eigenvalue weighted by Crippen LogP contribution is 2.39. The van der Waals surface area contributed by atoms with Crippen molar-refractivity contribution in [3.8, 4) is 11.1 Å². The van der Waals surface area contributed by atoms with Crippen LogP contribution in [0.4, 0.5) is 17.6 Å². The topological polar surface area (TPSA) is 17.0 Å². The molecular formula is C26H24F4N2. The highest BCUT2D eigenvalue weighted by Gasteiger charge is 2.31. The molecule has 0 saturated heterocycles. The number of nitrogens with zero attached hydrogens (tertiary/aromatic N) is 1. The van der Waals surface area contributed by atoms with E-state index in [1.165, 1.54) is 24.3 Å². The average Bonchev–Trinajstić information content (AvgIpc) is 3.13. The van der Waals surface area contributed by atoms with Gasteiger partial charge in [-0.1, -0.05) is 49.4 Å². The van der Waals surface area contributed by atoms with Gasteiger partial charge in [0.25, 0.3) is 0 Å². The van der Waals surface area contributed by atoms with Gasteiger partial charge in [-0.3, -0.25) is 0 Å². The molecule has 6 heteroatoms. The molecule has 4 aromatic rings. The van der Waals surface area contributed by atoms with E-state index in [2.05, 4.69) is 16.8 Å². The van der Waals surface area contributed by atoms with Gasteiger partial charge in [0, 0.05) is 22.7 Å². The van der Waals surface area contributed by atoms with Crippen molar-refractivity contribution in [3.63, 3.8) is 0 Å². The van der Waals surface area contributed by atoms with Crippen LogP contribution in [0.25, 0.3) is 22.0 Å². The molecule has 1 unspecified atom stereocenters. The fraction of sp³-hybridized carbons (Fsp3) is 0.231. The summed E-state index contributed by atoms with van der Waals surface area (Å²) < 4.78 is 56.2. The van der Waals surface area contributed by atoms with Crippen LogP contribution in [0, 0.1) is 11.7 Å². The zero-order valence-corrected chi connectivity index (χ0v) is 17.8. The Morgan fingerprint density at radius 1 is 0.938 bits per heavy atom. The summed E-state index contributed by atoms with van der Waals surface area (Å²) >= 11 is 0. The first-order valence-electron chi connectivity index (χ1n) is 10.5. The third kappa shape index (κ3) is 4.28. The van der Waals surface area contributed by atoms with E-state index < -0.39 is 11.7 Å². The standard InChI is InChI=1S/C26H24F4N2/c1-17(15-31-2)25(19-8-6-10-21(27)14-19)32-16-23(22-11-3-4-12-24(22)32)18-7-5-9-20(13-18)26(28,29)30/h3-14,16-17,25,31H,15H2,1-2H3/t17?,25-/m1/s1. The molecule has 0 radical (unpaired) electrons. The van der Waals surface area contributed by atoms with Crippen LogP contribution >= 0.6 is 0 Å². The molecule has 4 rings (SSSR count). The lowest BCUT2D eigenvalue weighted by molar-refractivity contribution is -0.137. The summed E-state index contributed by atoms with van der Waals surface area (Å²) in [5, 5.41) is 4.03. The van der Waals surface area contributed by atoms with E-state index in [9.17, 15) is 17.6 Å². The number of halogens is 4. The van der Waals surface area contributed by atoms with Gasteiger partial charge in [-0.25, -0.2) is 4.39 Å². The van der Waals surface area contributed by atoms with E-state index in [0.29, 0.717) is 17.7 Å². The Labute approximate surface area is 184 Å². The first-order chi connectivity index (χ1) is 15.3. The van der Waals surface area contributed by atoms with Crippen molar-refractivity contribution in [2.45, 2.75) is 19.1 Å². The number of nitrogens with one attached hydrogen (secondary N) is 1. The molecule has 0 spiro atoms. The van der Waals surface area contributed by atoms with Crippen molar-refractivity contribution in [1.29, 1.82) is 0 Å². The van der Waals surface area contributed by atoms with Crippen LogP contribution in [0.15, 0.2) is 79.0 Å². The van der Waals surface area contributed by atoms with Crippen molar-refractivity contribution in [1.82, 2.24) is 9.88 Å². The van der Waals surface area contributed by atoms with Gasteiger partial charge in [0.15, 0.2) is 0 Å². The maximum absolute atomic E-state index is 14.1. The van der Waals surface area contributed by atoms with E-state index in [0.717, 1.165) is 22.5 Å². The Balaban J connectivity index is 1.93. The maximum Gasteiger partial charge on any atom is 0.416 e. The van der Waals surface area contributed by atoms with Crippen molar-refractivity contribution < 1.29 is 17.6 Å². The summed E-state index contributed by atoms with van der Waals surface area (Å²) in [6.45, 7) is 2.76. The second kappa shape index (κ2) is 8.79. The summed E-state index contributed by atoms with van der Waals surface area (Å²) in [7, 11) is 1.86. The van der Waals surface area contributed by atoms with Gasteiger partial charge in [0.1, 0.15) is 5.82 Å². The quantitative estimate of drug-likeness (QED) is 0.322. The molecule has 1 N–H and O–H groups in total. The molecule has 32 heavy (non-hydrogen) atoms. The van der Waals surface area contributed by atoms with Crippen LogP contribution in [0.3, 0.4) is 0 Å². The molecule has 0 aliphatic heterocycles. The molecule has 2 atom stereocenters. The fourth-order valence-electron chi connectivity index (χ4n) is 4.42. The first kappa shape index (κ1) is 22.1. The summed E-state index contributed by atoms with van der Waals surface area (Å²) in [6.07, 6.45) is -2.53. The number of hydrogen-bond donors (Lipinski definition) is 1. The Morgan fingerprint density at radius 2 is 1.69 bits per heavy atom. The lowest BCUT2D eigenvalue weighted by Crippen LogP contribution is -2.26. The Bertz CT molecular complexity index is 1230. The largest absolute Gasteiger partial charge is 0.416 e. The zero-order chi connectivity index (χ0) is 22.9. The molecule has 1 heterocycles. The van der Waals surface area contributed by atoms with Crippen molar-refractivity contribution >= 4 is 10.9 Å². The molecule has 0 fully saturated rings. The van der Waals surface area contributed by atoms with Crippen molar-refractivity contribution in [3.05, 3.63) is 95.9 Å². The number of benzene rings is 3. The van der Waals surface area contributed by atoms with E-state index in [1.807, 2.05) is 43.6 Å². The Morgan fingerprint density at radius 3 is 2.41 bits per heavy atom. The lowest BCUT2D eigenvalue weighted by atomic mass is 9.93. The van der Waals surface area contributed by atoms with Gasteiger partial charge >= 0.3 is 6.18 Å². The van der Waals surface area contributed by atoms with Crippen LogP contribution in [-0.4, -0.2) is 18.2 Å². The normalized spacial score (nSPS) is 13.9.